The summed E-state index contributed by atoms with van der Waals surface area (Å²) in [5.74, 6) is -0.474. The maximum atomic E-state index is 12.9. The molecule has 142 valence electrons. The van der Waals surface area contributed by atoms with Crippen molar-refractivity contribution in [3.05, 3.63) is 54.1 Å². The molecule has 1 N–H and O–H groups in total. The molecule has 1 atom stereocenters. The molecule has 1 aliphatic heterocycles. The molecule has 0 aliphatic carbocycles. The van der Waals surface area contributed by atoms with E-state index in [1.165, 1.54) is 12.1 Å². The minimum absolute atomic E-state index is 0.0872. The Hall–Kier alpha value is -3.03. The fraction of sp³-hybridized carbons (Fsp3) is 0.263. The highest BCUT2D eigenvalue weighted by Crippen LogP contribution is 2.33. The number of amides is 2. The number of rotatable bonds is 5. The predicted molar refractivity (Wildman–Crippen MR) is 93.6 cm³/mol. The molecule has 0 radical (unpaired) electrons. The van der Waals surface area contributed by atoms with Crippen molar-refractivity contribution in [3.8, 4) is 5.75 Å². The van der Waals surface area contributed by atoms with Crippen LogP contribution in [-0.4, -0.2) is 24.5 Å². The second kappa shape index (κ2) is 7.30. The Balaban J connectivity index is 1.77. The van der Waals surface area contributed by atoms with Gasteiger partial charge in [-0.2, -0.15) is 13.2 Å². The lowest BCUT2D eigenvalue weighted by atomic mass is 10.2. The molecule has 5 nitrogen and oxygen atoms in total. The van der Waals surface area contributed by atoms with Gasteiger partial charge in [-0.05, 0) is 49.4 Å². The van der Waals surface area contributed by atoms with Crippen molar-refractivity contribution >= 4 is 23.2 Å². The average molecular weight is 378 g/mol. The standard InChI is InChI=1S/C19H17F3N2O3/c1-2-27-15-8-6-13(7-9-15)23-16-11-17(25)24(18(16)26)14-5-3-4-12(10-14)19(20,21)22/h3-10,16,23H,2,11H2,1H3. The molecule has 1 fully saturated rings. The van der Waals surface area contributed by atoms with Crippen LogP contribution in [0.25, 0.3) is 0 Å². The van der Waals surface area contributed by atoms with Crippen molar-refractivity contribution in [1.82, 2.24) is 0 Å². The molecule has 0 aromatic heterocycles. The van der Waals surface area contributed by atoms with E-state index in [0.29, 0.717) is 18.0 Å². The van der Waals surface area contributed by atoms with Gasteiger partial charge < -0.3 is 10.1 Å². The number of carbonyl (C=O) groups excluding carboxylic acids is 2. The Morgan fingerprint density at radius 2 is 1.85 bits per heavy atom. The van der Waals surface area contributed by atoms with Crippen LogP contribution in [0.2, 0.25) is 0 Å². The Bertz CT molecular complexity index is 850. The first-order valence-corrected chi connectivity index (χ1v) is 8.33. The number of hydrogen-bond donors (Lipinski definition) is 1. The second-order valence-corrected chi connectivity index (χ2v) is 5.97. The van der Waals surface area contributed by atoms with Gasteiger partial charge in [-0.15, -0.1) is 0 Å². The quantitative estimate of drug-likeness (QED) is 0.803. The van der Waals surface area contributed by atoms with Crippen LogP contribution in [0.1, 0.15) is 18.9 Å². The van der Waals surface area contributed by atoms with Crippen molar-refractivity contribution in [2.45, 2.75) is 25.6 Å². The SMILES string of the molecule is CCOc1ccc(NC2CC(=O)N(c3cccc(C(F)(F)F)c3)C2=O)cc1. The van der Waals surface area contributed by atoms with Crippen LogP contribution in [0.4, 0.5) is 24.5 Å². The lowest BCUT2D eigenvalue weighted by Gasteiger charge is -2.17. The Morgan fingerprint density at radius 1 is 1.15 bits per heavy atom. The van der Waals surface area contributed by atoms with Crippen LogP contribution in [0.15, 0.2) is 48.5 Å². The van der Waals surface area contributed by atoms with E-state index in [0.717, 1.165) is 17.0 Å². The van der Waals surface area contributed by atoms with Crippen molar-refractivity contribution in [2.24, 2.45) is 0 Å². The highest BCUT2D eigenvalue weighted by Gasteiger charge is 2.40. The summed E-state index contributed by atoms with van der Waals surface area (Å²) in [6, 6.07) is 10.2. The van der Waals surface area contributed by atoms with Crippen LogP contribution in [0.3, 0.4) is 0 Å². The van der Waals surface area contributed by atoms with Gasteiger partial charge in [0.1, 0.15) is 11.8 Å². The fourth-order valence-electron chi connectivity index (χ4n) is 2.85. The van der Waals surface area contributed by atoms with Gasteiger partial charge in [-0.3, -0.25) is 9.59 Å². The van der Waals surface area contributed by atoms with Crippen LogP contribution in [0.5, 0.6) is 5.75 Å². The largest absolute Gasteiger partial charge is 0.494 e. The maximum Gasteiger partial charge on any atom is 0.416 e. The van der Waals surface area contributed by atoms with Gasteiger partial charge in [0, 0.05) is 5.69 Å². The molecule has 0 saturated carbocycles. The molecule has 8 heteroatoms. The molecular formula is C19H17F3N2O3. The molecule has 2 aromatic rings. The van der Waals surface area contributed by atoms with E-state index in [1.54, 1.807) is 24.3 Å². The molecule has 1 saturated heterocycles. The van der Waals surface area contributed by atoms with Crippen LogP contribution >= 0.6 is 0 Å². The minimum atomic E-state index is -4.55. The first-order valence-electron chi connectivity index (χ1n) is 8.33. The van der Waals surface area contributed by atoms with Crippen LogP contribution in [-0.2, 0) is 15.8 Å². The summed E-state index contributed by atoms with van der Waals surface area (Å²) < 4.78 is 44.0. The Morgan fingerprint density at radius 3 is 2.48 bits per heavy atom. The molecule has 3 rings (SSSR count). The smallest absolute Gasteiger partial charge is 0.416 e. The Labute approximate surface area is 153 Å². The molecular weight excluding hydrogens is 361 g/mol. The van der Waals surface area contributed by atoms with E-state index < -0.39 is 29.6 Å². The summed E-state index contributed by atoms with van der Waals surface area (Å²) in [5, 5.41) is 2.95. The summed E-state index contributed by atoms with van der Waals surface area (Å²) in [7, 11) is 0. The molecule has 1 aliphatic rings. The third-order valence-electron chi connectivity index (χ3n) is 4.08. The number of ether oxygens (including phenoxy) is 1. The van der Waals surface area contributed by atoms with Crippen LogP contribution in [0, 0.1) is 0 Å². The van der Waals surface area contributed by atoms with Gasteiger partial charge in [0.2, 0.25) is 5.91 Å². The summed E-state index contributed by atoms with van der Waals surface area (Å²) in [6.07, 6.45) is -4.69. The third-order valence-corrected chi connectivity index (χ3v) is 4.08. The summed E-state index contributed by atoms with van der Waals surface area (Å²) in [4.78, 5) is 25.6. The zero-order valence-corrected chi connectivity index (χ0v) is 14.4. The minimum Gasteiger partial charge on any atom is -0.494 e. The van der Waals surface area contributed by atoms with Gasteiger partial charge in [-0.1, -0.05) is 6.07 Å². The predicted octanol–water partition coefficient (Wildman–Crippen LogP) is 3.85. The number of nitrogens with zero attached hydrogens (tertiary/aromatic N) is 1. The monoisotopic (exact) mass is 378 g/mol. The van der Waals surface area contributed by atoms with Gasteiger partial charge in [0.05, 0.1) is 24.3 Å². The van der Waals surface area contributed by atoms with E-state index >= 15 is 0 Å². The van der Waals surface area contributed by atoms with Crippen molar-refractivity contribution in [1.29, 1.82) is 0 Å². The zero-order chi connectivity index (χ0) is 19.6. The number of hydrogen-bond acceptors (Lipinski definition) is 4. The van der Waals surface area contributed by atoms with E-state index in [2.05, 4.69) is 5.32 Å². The summed E-state index contributed by atoms with van der Waals surface area (Å²) >= 11 is 0. The average Bonchev–Trinajstić information content (AvgIpc) is 2.90. The number of imide groups is 1. The highest BCUT2D eigenvalue weighted by molar-refractivity contribution is 6.23. The number of nitrogens with one attached hydrogen (secondary N) is 1. The molecule has 1 unspecified atom stereocenters. The first kappa shape index (κ1) is 18.8. The van der Waals surface area contributed by atoms with Crippen molar-refractivity contribution in [3.63, 3.8) is 0 Å². The van der Waals surface area contributed by atoms with Gasteiger partial charge in [0.25, 0.3) is 5.91 Å². The van der Waals surface area contributed by atoms with Crippen molar-refractivity contribution < 1.29 is 27.5 Å². The van der Waals surface area contributed by atoms with E-state index in [9.17, 15) is 22.8 Å². The third kappa shape index (κ3) is 4.05. The molecule has 2 aromatic carbocycles. The lowest BCUT2D eigenvalue weighted by molar-refractivity contribution is -0.137. The normalized spacial score (nSPS) is 17.3. The summed E-state index contributed by atoms with van der Waals surface area (Å²) in [5.41, 5.74) is -0.394. The number of halogens is 3. The molecule has 0 spiro atoms. The van der Waals surface area contributed by atoms with Crippen LogP contribution < -0.4 is 15.0 Å². The number of carbonyl (C=O) groups is 2. The van der Waals surface area contributed by atoms with Gasteiger partial charge in [-0.25, -0.2) is 4.90 Å². The van der Waals surface area contributed by atoms with Crippen molar-refractivity contribution in [2.75, 3.05) is 16.8 Å². The second-order valence-electron chi connectivity index (χ2n) is 5.97. The highest BCUT2D eigenvalue weighted by atomic mass is 19.4. The molecule has 1 heterocycles. The Kier molecular flexibility index (Phi) is 5.07. The van der Waals surface area contributed by atoms with E-state index in [4.69, 9.17) is 4.74 Å². The topological polar surface area (TPSA) is 58.6 Å². The van der Waals surface area contributed by atoms with E-state index in [-0.39, 0.29) is 12.1 Å². The zero-order valence-electron chi connectivity index (χ0n) is 14.4. The molecule has 27 heavy (non-hydrogen) atoms. The molecule has 0 bridgehead atoms. The fourth-order valence-corrected chi connectivity index (χ4v) is 2.85. The molecule has 2 amide bonds. The lowest BCUT2D eigenvalue weighted by Crippen LogP contribution is -2.35. The van der Waals surface area contributed by atoms with Gasteiger partial charge in [0.15, 0.2) is 0 Å². The maximum absolute atomic E-state index is 12.9. The first-order chi connectivity index (χ1) is 12.8. The number of anilines is 2. The number of alkyl halides is 3. The number of benzene rings is 2. The van der Waals surface area contributed by atoms with E-state index in [1.807, 2.05) is 6.92 Å². The summed E-state index contributed by atoms with van der Waals surface area (Å²) in [6.45, 7) is 2.38. The van der Waals surface area contributed by atoms with Gasteiger partial charge >= 0.3 is 6.18 Å².